The summed E-state index contributed by atoms with van der Waals surface area (Å²) in [5.74, 6) is 0.996. The summed E-state index contributed by atoms with van der Waals surface area (Å²) in [6, 6.07) is 10.5. The van der Waals surface area contributed by atoms with Gasteiger partial charge in [0.15, 0.2) is 0 Å². The fraction of sp³-hybridized carbons (Fsp3) is 0.650. The second-order valence-corrected chi connectivity index (χ2v) is 7.75. The highest BCUT2D eigenvalue weighted by molar-refractivity contribution is 5.77. The zero-order valence-corrected chi connectivity index (χ0v) is 14.6. The van der Waals surface area contributed by atoms with E-state index in [2.05, 4.69) is 24.3 Å². The third-order valence-electron chi connectivity index (χ3n) is 6.20. The minimum atomic E-state index is 0.0401. The van der Waals surface area contributed by atoms with Crippen LogP contribution in [0.25, 0.3) is 0 Å². The van der Waals surface area contributed by atoms with E-state index in [1.54, 1.807) is 0 Å². The standard InChI is InChI=1S/C20H31N3O/c21-12-17-13-23(14-18(17)16-7-3-1-4-8-16)19(24)11-20(15-22)9-5-2-6-10-20/h1,3-4,7-8,17-18H,2,5-6,9-15,21-22H2/t17-,18+/m1/s1. The Morgan fingerprint density at radius 1 is 1.08 bits per heavy atom. The summed E-state index contributed by atoms with van der Waals surface area (Å²) in [4.78, 5) is 15.0. The molecule has 4 N–H and O–H groups in total. The van der Waals surface area contributed by atoms with Crippen LogP contribution in [0.2, 0.25) is 0 Å². The molecule has 3 rings (SSSR count). The van der Waals surface area contributed by atoms with Crippen molar-refractivity contribution < 1.29 is 4.79 Å². The molecule has 0 bridgehead atoms. The van der Waals surface area contributed by atoms with Crippen molar-refractivity contribution >= 4 is 5.91 Å². The summed E-state index contributed by atoms with van der Waals surface area (Å²) < 4.78 is 0. The van der Waals surface area contributed by atoms with E-state index in [1.807, 2.05) is 11.0 Å². The Balaban J connectivity index is 1.67. The van der Waals surface area contributed by atoms with Crippen molar-refractivity contribution in [1.82, 2.24) is 4.90 Å². The third kappa shape index (κ3) is 3.65. The van der Waals surface area contributed by atoms with Crippen molar-refractivity contribution in [3.05, 3.63) is 35.9 Å². The van der Waals surface area contributed by atoms with E-state index in [4.69, 9.17) is 11.5 Å². The van der Waals surface area contributed by atoms with E-state index in [-0.39, 0.29) is 11.3 Å². The molecule has 0 unspecified atom stereocenters. The van der Waals surface area contributed by atoms with Gasteiger partial charge >= 0.3 is 0 Å². The first-order chi connectivity index (χ1) is 11.7. The number of nitrogens with zero attached hydrogens (tertiary/aromatic N) is 1. The van der Waals surface area contributed by atoms with E-state index in [0.717, 1.165) is 25.9 Å². The summed E-state index contributed by atoms with van der Waals surface area (Å²) in [7, 11) is 0. The van der Waals surface area contributed by atoms with Gasteiger partial charge in [-0.3, -0.25) is 4.79 Å². The molecule has 1 aromatic carbocycles. The number of nitrogens with two attached hydrogens (primary N) is 2. The third-order valence-corrected chi connectivity index (χ3v) is 6.20. The van der Waals surface area contributed by atoms with Crippen molar-refractivity contribution in [2.75, 3.05) is 26.2 Å². The van der Waals surface area contributed by atoms with Crippen molar-refractivity contribution in [2.24, 2.45) is 22.8 Å². The molecule has 1 aliphatic carbocycles. The van der Waals surface area contributed by atoms with Crippen LogP contribution in [0, 0.1) is 11.3 Å². The molecule has 4 nitrogen and oxygen atoms in total. The number of amides is 1. The smallest absolute Gasteiger partial charge is 0.223 e. The van der Waals surface area contributed by atoms with Crippen LogP contribution < -0.4 is 11.5 Å². The van der Waals surface area contributed by atoms with Gasteiger partial charge in [0.1, 0.15) is 0 Å². The first-order valence-electron chi connectivity index (χ1n) is 9.40. The molecule has 1 aliphatic heterocycles. The molecule has 0 aromatic heterocycles. The molecule has 1 heterocycles. The number of carbonyl (C=O) groups is 1. The average Bonchev–Trinajstić information content (AvgIpc) is 3.08. The average molecular weight is 329 g/mol. The zero-order valence-electron chi connectivity index (χ0n) is 14.6. The Bertz CT molecular complexity index is 539. The highest BCUT2D eigenvalue weighted by atomic mass is 16.2. The molecule has 132 valence electrons. The molecule has 2 fully saturated rings. The lowest BCUT2D eigenvalue weighted by atomic mass is 9.71. The summed E-state index contributed by atoms with van der Waals surface area (Å²) in [6.45, 7) is 2.85. The fourth-order valence-corrected chi connectivity index (χ4v) is 4.58. The predicted molar refractivity (Wildman–Crippen MR) is 97.5 cm³/mol. The van der Waals surface area contributed by atoms with Crippen molar-refractivity contribution in [3.63, 3.8) is 0 Å². The van der Waals surface area contributed by atoms with Crippen LogP contribution in [0.1, 0.15) is 50.0 Å². The van der Waals surface area contributed by atoms with Gasteiger partial charge in [0.25, 0.3) is 0 Å². The lowest BCUT2D eigenvalue weighted by Gasteiger charge is -2.36. The topological polar surface area (TPSA) is 72.3 Å². The largest absolute Gasteiger partial charge is 0.342 e. The van der Waals surface area contributed by atoms with Crippen LogP contribution >= 0.6 is 0 Å². The van der Waals surface area contributed by atoms with E-state index in [9.17, 15) is 4.79 Å². The Labute approximate surface area is 145 Å². The molecule has 2 atom stereocenters. The predicted octanol–water partition coefficient (Wildman–Crippen LogP) is 2.49. The summed E-state index contributed by atoms with van der Waals surface area (Å²) >= 11 is 0. The molecule has 24 heavy (non-hydrogen) atoms. The van der Waals surface area contributed by atoms with Gasteiger partial charge in [-0.1, -0.05) is 49.6 Å². The van der Waals surface area contributed by atoms with Crippen LogP contribution in [0.5, 0.6) is 0 Å². The Kier molecular flexibility index (Phi) is 5.57. The highest BCUT2D eigenvalue weighted by Gasteiger charge is 2.39. The maximum Gasteiger partial charge on any atom is 0.223 e. The normalized spacial score (nSPS) is 26.5. The van der Waals surface area contributed by atoms with E-state index in [0.29, 0.717) is 31.3 Å². The minimum absolute atomic E-state index is 0.0401. The van der Waals surface area contributed by atoms with Crippen LogP contribution in [0.4, 0.5) is 0 Å². The molecule has 2 aliphatic rings. The van der Waals surface area contributed by atoms with E-state index in [1.165, 1.54) is 24.8 Å². The maximum atomic E-state index is 12.9. The molecular formula is C20H31N3O. The second kappa shape index (κ2) is 7.66. The molecule has 4 heteroatoms. The molecule has 0 radical (unpaired) electrons. The zero-order chi connectivity index (χ0) is 17.0. The van der Waals surface area contributed by atoms with Gasteiger partial charge in [-0.25, -0.2) is 0 Å². The van der Waals surface area contributed by atoms with E-state index < -0.39 is 0 Å². The van der Waals surface area contributed by atoms with Crippen molar-refractivity contribution in [1.29, 1.82) is 0 Å². The van der Waals surface area contributed by atoms with Gasteiger partial charge in [0, 0.05) is 25.4 Å². The second-order valence-electron chi connectivity index (χ2n) is 7.75. The number of benzene rings is 1. The van der Waals surface area contributed by atoms with Gasteiger partial charge in [0.05, 0.1) is 0 Å². The van der Waals surface area contributed by atoms with Gasteiger partial charge in [-0.15, -0.1) is 0 Å². The Morgan fingerprint density at radius 3 is 2.42 bits per heavy atom. The van der Waals surface area contributed by atoms with Crippen molar-refractivity contribution in [2.45, 2.75) is 44.4 Å². The summed E-state index contributed by atoms with van der Waals surface area (Å²) in [5.41, 5.74) is 13.4. The van der Waals surface area contributed by atoms with E-state index >= 15 is 0 Å². The van der Waals surface area contributed by atoms with Crippen LogP contribution in [-0.2, 0) is 4.79 Å². The van der Waals surface area contributed by atoms with Crippen LogP contribution in [0.3, 0.4) is 0 Å². The van der Waals surface area contributed by atoms with Gasteiger partial charge in [-0.05, 0) is 42.8 Å². The van der Waals surface area contributed by atoms with Crippen molar-refractivity contribution in [3.8, 4) is 0 Å². The molecular weight excluding hydrogens is 298 g/mol. The quantitative estimate of drug-likeness (QED) is 0.872. The number of carbonyl (C=O) groups excluding carboxylic acids is 1. The number of rotatable bonds is 5. The number of likely N-dealkylation sites (tertiary alicyclic amines) is 1. The summed E-state index contributed by atoms with van der Waals surface area (Å²) in [5, 5.41) is 0. The lowest BCUT2D eigenvalue weighted by molar-refractivity contribution is -0.133. The Morgan fingerprint density at radius 2 is 1.79 bits per heavy atom. The van der Waals surface area contributed by atoms with Gasteiger partial charge < -0.3 is 16.4 Å². The van der Waals surface area contributed by atoms with Gasteiger partial charge in [0.2, 0.25) is 5.91 Å². The Hall–Kier alpha value is -1.39. The summed E-state index contributed by atoms with van der Waals surface area (Å²) in [6.07, 6.45) is 6.52. The maximum absolute atomic E-state index is 12.9. The first-order valence-corrected chi connectivity index (χ1v) is 9.40. The first kappa shape index (κ1) is 17.4. The van der Waals surface area contributed by atoms with Crippen LogP contribution in [-0.4, -0.2) is 37.0 Å². The van der Waals surface area contributed by atoms with Gasteiger partial charge in [-0.2, -0.15) is 0 Å². The molecule has 1 saturated heterocycles. The fourth-order valence-electron chi connectivity index (χ4n) is 4.58. The molecule has 0 spiro atoms. The SMILES string of the molecule is NC[C@@H]1CN(C(=O)CC2(CN)CCCCC2)C[C@H]1c1ccccc1. The number of hydrogen-bond acceptors (Lipinski definition) is 3. The minimum Gasteiger partial charge on any atom is -0.342 e. The monoisotopic (exact) mass is 329 g/mol. The van der Waals surface area contributed by atoms with Crippen LogP contribution in [0.15, 0.2) is 30.3 Å². The molecule has 1 amide bonds. The molecule has 1 aromatic rings. The number of hydrogen-bond donors (Lipinski definition) is 2. The highest BCUT2D eigenvalue weighted by Crippen LogP contribution is 2.40. The molecule has 1 saturated carbocycles. The lowest BCUT2D eigenvalue weighted by Crippen LogP contribution is -2.40.